The van der Waals surface area contributed by atoms with Gasteiger partial charge in [0.15, 0.2) is 0 Å². The summed E-state index contributed by atoms with van der Waals surface area (Å²) in [5.74, 6) is 1.19. The molecule has 6 heteroatoms. The van der Waals surface area contributed by atoms with Crippen molar-refractivity contribution in [3.05, 3.63) is 89.5 Å². The molecule has 3 aromatic carbocycles. The number of nitrogens with zero attached hydrogens (tertiary/aromatic N) is 3. The van der Waals surface area contributed by atoms with Gasteiger partial charge in [-0.05, 0) is 93.0 Å². The van der Waals surface area contributed by atoms with Gasteiger partial charge in [0.05, 0.1) is 0 Å². The Balaban J connectivity index is 1.31. The average Bonchev–Trinajstić information content (AvgIpc) is 3.03. The maximum Gasteiger partial charge on any atom is 0.118 e. The van der Waals surface area contributed by atoms with Gasteiger partial charge in [0.25, 0.3) is 0 Å². The molecule has 1 heterocycles. The Labute approximate surface area is 234 Å². The topological polar surface area (TPSA) is 70.4 Å². The second-order valence-corrected chi connectivity index (χ2v) is 10.7. The standard InChI is InChI=1S/C33H45N3O3/c37-31-16-4-1-10-28(31)13-7-19-34-22-24-35(20-8-14-29-11-2-5-17-32(29)38)26-27-36(25-23-34)21-9-15-30-12-3-6-18-33(30)39/h1-6,10-12,16-18,37-39H,7-9,13-15,19-27H2. The molecule has 210 valence electrons. The Bertz CT molecular complexity index is 985. The molecule has 1 aliphatic rings. The van der Waals surface area contributed by atoms with E-state index in [0.29, 0.717) is 17.2 Å². The van der Waals surface area contributed by atoms with Crippen LogP contribution in [0, 0.1) is 0 Å². The maximum absolute atomic E-state index is 10.1. The summed E-state index contributed by atoms with van der Waals surface area (Å²) < 4.78 is 0. The summed E-state index contributed by atoms with van der Waals surface area (Å²) in [6.07, 6.45) is 5.74. The molecule has 0 unspecified atom stereocenters. The van der Waals surface area contributed by atoms with Gasteiger partial charge in [0, 0.05) is 39.3 Å². The largest absolute Gasteiger partial charge is 0.508 e. The predicted molar refractivity (Wildman–Crippen MR) is 159 cm³/mol. The Morgan fingerprint density at radius 3 is 0.923 bits per heavy atom. The summed E-state index contributed by atoms with van der Waals surface area (Å²) in [6, 6.07) is 23.0. The van der Waals surface area contributed by atoms with Crippen molar-refractivity contribution in [2.24, 2.45) is 0 Å². The summed E-state index contributed by atoms with van der Waals surface area (Å²) in [5.41, 5.74) is 3.08. The molecule has 0 amide bonds. The van der Waals surface area contributed by atoms with Gasteiger partial charge in [-0.2, -0.15) is 0 Å². The lowest BCUT2D eigenvalue weighted by Crippen LogP contribution is -2.37. The molecule has 1 fully saturated rings. The van der Waals surface area contributed by atoms with Crippen LogP contribution in [0.5, 0.6) is 17.2 Å². The smallest absolute Gasteiger partial charge is 0.118 e. The van der Waals surface area contributed by atoms with Crippen molar-refractivity contribution in [3.8, 4) is 17.2 Å². The molecule has 6 nitrogen and oxygen atoms in total. The molecular weight excluding hydrogens is 486 g/mol. The highest BCUT2D eigenvalue weighted by Crippen LogP contribution is 2.20. The number of phenolic OH excluding ortho intramolecular Hbond substituents is 3. The van der Waals surface area contributed by atoms with Gasteiger partial charge in [-0.25, -0.2) is 0 Å². The minimum Gasteiger partial charge on any atom is -0.508 e. The van der Waals surface area contributed by atoms with Crippen molar-refractivity contribution in [3.63, 3.8) is 0 Å². The van der Waals surface area contributed by atoms with Crippen molar-refractivity contribution >= 4 is 0 Å². The van der Waals surface area contributed by atoms with Gasteiger partial charge in [0.2, 0.25) is 0 Å². The highest BCUT2D eigenvalue weighted by molar-refractivity contribution is 5.33. The van der Waals surface area contributed by atoms with Crippen LogP contribution in [-0.4, -0.2) is 88.9 Å². The summed E-state index contributed by atoms with van der Waals surface area (Å²) in [6.45, 7) is 9.33. The third kappa shape index (κ3) is 9.57. The van der Waals surface area contributed by atoms with E-state index in [-0.39, 0.29) is 0 Å². The van der Waals surface area contributed by atoms with Gasteiger partial charge in [-0.3, -0.25) is 0 Å². The SMILES string of the molecule is Oc1ccccc1CCCN1CCN(CCCc2ccccc2O)CCN(CCCc2ccccc2O)CC1. The average molecular weight is 532 g/mol. The molecule has 0 bridgehead atoms. The number of aromatic hydroxyl groups is 3. The van der Waals surface area contributed by atoms with Gasteiger partial charge in [0.1, 0.15) is 17.2 Å². The lowest BCUT2D eigenvalue weighted by atomic mass is 10.1. The third-order valence-electron chi connectivity index (χ3n) is 7.93. The van der Waals surface area contributed by atoms with Gasteiger partial charge < -0.3 is 30.0 Å². The summed E-state index contributed by atoms with van der Waals surface area (Å²) in [7, 11) is 0. The van der Waals surface area contributed by atoms with E-state index in [1.807, 2.05) is 54.6 Å². The number of rotatable bonds is 12. The van der Waals surface area contributed by atoms with Gasteiger partial charge in [-0.15, -0.1) is 0 Å². The van der Waals surface area contributed by atoms with Gasteiger partial charge in [-0.1, -0.05) is 54.6 Å². The number of benzene rings is 3. The number of hydrogen-bond acceptors (Lipinski definition) is 6. The van der Waals surface area contributed by atoms with Crippen LogP contribution in [0.2, 0.25) is 0 Å². The van der Waals surface area contributed by atoms with Crippen molar-refractivity contribution in [2.45, 2.75) is 38.5 Å². The molecule has 39 heavy (non-hydrogen) atoms. The van der Waals surface area contributed by atoms with Crippen molar-refractivity contribution in [1.29, 1.82) is 0 Å². The van der Waals surface area contributed by atoms with E-state index < -0.39 is 0 Å². The molecule has 0 radical (unpaired) electrons. The van der Waals surface area contributed by atoms with Crippen molar-refractivity contribution in [1.82, 2.24) is 14.7 Å². The van der Waals surface area contributed by atoms with Crippen LogP contribution < -0.4 is 0 Å². The minimum atomic E-state index is 0.397. The first kappa shape index (κ1) is 28.9. The fourth-order valence-electron chi connectivity index (χ4n) is 5.50. The zero-order valence-electron chi connectivity index (χ0n) is 23.2. The minimum absolute atomic E-state index is 0.397. The van der Waals surface area contributed by atoms with E-state index in [1.54, 1.807) is 18.2 Å². The zero-order chi connectivity index (χ0) is 27.3. The molecule has 4 rings (SSSR count). The quantitative estimate of drug-likeness (QED) is 0.308. The van der Waals surface area contributed by atoms with Crippen LogP contribution in [0.15, 0.2) is 72.8 Å². The van der Waals surface area contributed by atoms with Crippen molar-refractivity contribution in [2.75, 3.05) is 58.9 Å². The molecule has 3 N–H and O–H groups in total. The molecule has 0 spiro atoms. The van der Waals surface area contributed by atoms with E-state index in [4.69, 9.17) is 0 Å². The Morgan fingerprint density at radius 2 is 0.667 bits per heavy atom. The van der Waals surface area contributed by atoms with E-state index in [1.165, 1.54) is 0 Å². The number of para-hydroxylation sites is 3. The number of hydrogen-bond donors (Lipinski definition) is 3. The lowest BCUT2D eigenvalue weighted by Gasteiger charge is -2.26. The second kappa shape index (κ2) is 15.5. The Kier molecular flexibility index (Phi) is 11.5. The molecule has 0 saturated carbocycles. The van der Waals surface area contributed by atoms with E-state index >= 15 is 0 Å². The molecule has 0 aliphatic carbocycles. The zero-order valence-corrected chi connectivity index (χ0v) is 23.2. The molecule has 1 aliphatic heterocycles. The number of phenols is 3. The van der Waals surface area contributed by atoms with E-state index in [2.05, 4.69) is 14.7 Å². The van der Waals surface area contributed by atoms with Crippen LogP contribution in [-0.2, 0) is 19.3 Å². The molecule has 0 aromatic heterocycles. The summed E-state index contributed by atoms with van der Waals surface area (Å²) >= 11 is 0. The highest BCUT2D eigenvalue weighted by Gasteiger charge is 2.17. The van der Waals surface area contributed by atoms with Gasteiger partial charge >= 0.3 is 0 Å². The van der Waals surface area contributed by atoms with Crippen LogP contribution in [0.4, 0.5) is 0 Å². The first-order valence-corrected chi connectivity index (χ1v) is 14.6. The van der Waals surface area contributed by atoms with Crippen LogP contribution >= 0.6 is 0 Å². The molecular formula is C33H45N3O3. The fraction of sp³-hybridized carbons (Fsp3) is 0.455. The predicted octanol–water partition coefficient (Wildman–Crippen LogP) is 4.92. The summed E-state index contributed by atoms with van der Waals surface area (Å²) in [4.78, 5) is 7.74. The fourth-order valence-corrected chi connectivity index (χ4v) is 5.50. The van der Waals surface area contributed by atoms with E-state index in [9.17, 15) is 15.3 Å². The summed E-state index contributed by atoms with van der Waals surface area (Å²) in [5, 5.41) is 30.4. The normalized spacial score (nSPS) is 16.0. The van der Waals surface area contributed by atoms with Crippen LogP contribution in [0.1, 0.15) is 36.0 Å². The lowest BCUT2D eigenvalue weighted by molar-refractivity contribution is 0.216. The van der Waals surface area contributed by atoms with E-state index in [0.717, 1.165) is 114 Å². The molecule has 0 atom stereocenters. The second-order valence-electron chi connectivity index (χ2n) is 10.7. The Morgan fingerprint density at radius 1 is 0.410 bits per heavy atom. The third-order valence-corrected chi connectivity index (χ3v) is 7.93. The monoisotopic (exact) mass is 531 g/mol. The van der Waals surface area contributed by atoms with Crippen LogP contribution in [0.25, 0.3) is 0 Å². The molecule has 1 saturated heterocycles. The van der Waals surface area contributed by atoms with Crippen LogP contribution in [0.3, 0.4) is 0 Å². The maximum atomic E-state index is 10.1. The molecule has 3 aromatic rings. The first-order chi connectivity index (χ1) is 19.1. The highest BCUT2D eigenvalue weighted by atomic mass is 16.3. The van der Waals surface area contributed by atoms with Crippen molar-refractivity contribution < 1.29 is 15.3 Å². The first-order valence-electron chi connectivity index (χ1n) is 14.6. The number of aryl methyl sites for hydroxylation is 3. The Hall–Kier alpha value is -3.06.